The summed E-state index contributed by atoms with van der Waals surface area (Å²) in [6.45, 7) is 1.35. The van der Waals surface area contributed by atoms with Crippen LogP contribution in [0.3, 0.4) is 0 Å². The normalized spacial score (nSPS) is 15.1. The minimum Gasteiger partial charge on any atom is -0.493 e. The number of anilines is 1. The molecule has 2 rings (SSSR count). The van der Waals surface area contributed by atoms with Crippen molar-refractivity contribution in [1.82, 2.24) is 4.90 Å². The Morgan fingerprint density at radius 3 is 2.12 bits per heavy atom. The van der Waals surface area contributed by atoms with E-state index in [1.807, 2.05) is 0 Å². The molecule has 0 unspecified atom stereocenters. The number of nitrogens with zero attached hydrogens (tertiary/aromatic N) is 2. The Morgan fingerprint density at radius 1 is 1.08 bits per heavy atom. The molecule has 1 aliphatic rings. The lowest BCUT2D eigenvalue weighted by Crippen LogP contribution is -2.37. The Bertz CT molecular complexity index is 711. The van der Waals surface area contributed by atoms with Crippen molar-refractivity contribution in [3.05, 3.63) is 17.7 Å². The second-order valence-electron chi connectivity index (χ2n) is 5.81. The summed E-state index contributed by atoms with van der Waals surface area (Å²) in [6.07, 6.45) is 4.11. The van der Waals surface area contributed by atoms with E-state index in [2.05, 4.69) is 0 Å². The Morgan fingerprint density at radius 2 is 1.62 bits per heavy atom. The van der Waals surface area contributed by atoms with E-state index >= 15 is 0 Å². The number of carbonyl (C=O) groups is 1. The molecule has 8 heteroatoms. The average Bonchev–Trinajstić information content (AvgIpc) is 2.59. The van der Waals surface area contributed by atoms with Gasteiger partial charge in [0.05, 0.1) is 31.7 Å². The van der Waals surface area contributed by atoms with Crippen molar-refractivity contribution in [2.45, 2.75) is 19.3 Å². The highest BCUT2D eigenvalue weighted by Gasteiger charge is 2.27. The molecule has 1 amide bonds. The number of piperidine rings is 1. The molecule has 1 heterocycles. The SMILES string of the molecule is COc1cc(C(=O)N2CCCCC2)c(N(C)S(C)(=O)=O)cc1OC. The fourth-order valence-electron chi connectivity index (χ4n) is 2.75. The molecule has 0 spiro atoms. The molecule has 0 aliphatic carbocycles. The van der Waals surface area contributed by atoms with Crippen LogP contribution in [0.2, 0.25) is 0 Å². The average molecular weight is 356 g/mol. The van der Waals surface area contributed by atoms with Gasteiger partial charge < -0.3 is 14.4 Å². The maximum absolute atomic E-state index is 12.9. The van der Waals surface area contributed by atoms with Crippen molar-refractivity contribution in [2.24, 2.45) is 0 Å². The molecule has 1 aromatic rings. The molecular weight excluding hydrogens is 332 g/mol. The second-order valence-corrected chi connectivity index (χ2v) is 7.82. The third-order valence-corrected chi connectivity index (χ3v) is 5.40. The van der Waals surface area contributed by atoms with Crippen LogP contribution in [0.25, 0.3) is 0 Å². The summed E-state index contributed by atoms with van der Waals surface area (Å²) in [5.41, 5.74) is 0.577. The maximum atomic E-state index is 12.9. The maximum Gasteiger partial charge on any atom is 0.256 e. The highest BCUT2D eigenvalue weighted by molar-refractivity contribution is 7.92. The van der Waals surface area contributed by atoms with Crippen molar-refractivity contribution in [1.29, 1.82) is 0 Å². The van der Waals surface area contributed by atoms with Gasteiger partial charge in [-0.05, 0) is 25.3 Å². The topological polar surface area (TPSA) is 76.2 Å². The Balaban J connectivity index is 2.56. The van der Waals surface area contributed by atoms with Gasteiger partial charge in [-0.1, -0.05) is 0 Å². The van der Waals surface area contributed by atoms with Gasteiger partial charge in [-0.3, -0.25) is 9.10 Å². The molecule has 0 N–H and O–H groups in total. The standard InChI is InChI=1S/C16H24N2O5S/c1-17(24(4,20)21)13-11-15(23-3)14(22-2)10-12(13)16(19)18-8-6-5-7-9-18/h10-11H,5-9H2,1-4H3. The number of hydrogen-bond donors (Lipinski definition) is 0. The molecule has 0 saturated carbocycles. The predicted molar refractivity (Wildman–Crippen MR) is 92.5 cm³/mol. The van der Waals surface area contributed by atoms with Gasteiger partial charge in [0.15, 0.2) is 11.5 Å². The fraction of sp³-hybridized carbons (Fsp3) is 0.562. The third-order valence-electron chi connectivity index (χ3n) is 4.21. The molecule has 1 saturated heterocycles. The lowest BCUT2D eigenvalue weighted by Gasteiger charge is -2.29. The van der Waals surface area contributed by atoms with Crippen LogP contribution in [0, 0.1) is 0 Å². The highest BCUT2D eigenvalue weighted by Crippen LogP contribution is 2.36. The summed E-state index contributed by atoms with van der Waals surface area (Å²) in [4.78, 5) is 14.7. The Kier molecular flexibility index (Phi) is 5.58. The van der Waals surface area contributed by atoms with Gasteiger partial charge in [0, 0.05) is 26.2 Å². The number of amides is 1. The molecule has 24 heavy (non-hydrogen) atoms. The molecule has 134 valence electrons. The minimum absolute atomic E-state index is 0.193. The second kappa shape index (κ2) is 7.29. The van der Waals surface area contributed by atoms with Crippen LogP contribution in [-0.4, -0.2) is 59.8 Å². The van der Waals surface area contributed by atoms with Crippen LogP contribution in [0.5, 0.6) is 11.5 Å². The monoisotopic (exact) mass is 356 g/mol. The minimum atomic E-state index is -3.52. The van der Waals surface area contributed by atoms with Crippen molar-refractivity contribution in [2.75, 3.05) is 44.9 Å². The van der Waals surface area contributed by atoms with E-state index in [9.17, 15) is 13.2 Å². The van der Waals surface area contributed by atoms with E-state index in [1.165, 1.54) is 27.3 Å². The molecule has 0 radical (unpaired) electrons. The molecule has 0 bridgehead atoms. The predicted octanol–water partition coefficient (Wildman–Crippen LogP) is 1.73. The zero-order valence-electron chi connectivity index (χ0n) is 14.5. The van der Waals surface area contributed by atoms with Crippen LogP contribution < -0.4 is 13.8 Å². The van der Waals surface area contributed by atoms with Crippen molar-refractivity contribution >= 4 is 21.6 Å². The number of methoxy groups -OCH3 is 2. The molecular formula is C16H24N2O5S. The van der Waals surface area contributed by atoms with Gasteiger partial charge in [-0.25, -0.2) is 8.42 Å². The lowest BCUT2D eigenvalue weighted by atomic mass is 10.1. The summed E-state index contributed by atoms with van der Waals surface area (Å²) in [6, 6.07) is 3.07. The summed E-state index contributed by atoms with van der Waals surface area (Å²) < 4.78 is 35.5. The van der Waals surface area contributed by atoms with Crippen LogP contribution >= 0.6 is 0 Å². The largest absolute Gasteiger partial charge is 0.493 e. The fourth-order valence-corrected chi connectivity index (χ4v) is 3.25. The number of likely N-dealkylation sites (tertiary alicyclic amines) is 1. The van der Waals surface area contributed by atoms with Gasteiger partial charge in [0.25, 0.3) is 5.91 Å². The summed E-state index contributed by atoms with van der Waals surface area (Å²) in [5, 5.41) is 0. The zero-order valence-corrected chi connectivity index (χ0v) is 15.4. The first kappa shape index (κ1) is 18.4. The van der Waals surface area contributed by atoms with Crippen LogP contribution in [-0.2, 0) is 10.0 Å². The molecule has 1 aliphatic heterocycles. The quantitative estimate of drug-likeness (QED) is 0.803. The number of benzene rings is 1. The summed E-state index contributed by atoms with van der Waals surface area (Å²) >= 11 is 0. The van der Waals surface area contributed by atoms with Crippen molar-refractivity contribution in [3.8, 4) is 11.5 Å². The molecule has 7 nitrogen and oxygen atoms in total. The van der Waals surface area contributed by atoms with Crippen LogP contribution in [0.4, 0.5) is 5.69 Å². The van der Waals surface area contributed by atoms with E-state index in [4.69, 9.17) is 9.47 Å². The first-order chi connectivity index (χ1) is 11.3. The van der Waals surface area contributed by atoms with Gasteiger partial charge in [0.2, 0.25) is 10.0 Å². The van der Waals surface area contributed by atoms with Gasteiger partial charge in [0.1, 0.15) is 0 Å². The first-order valence-electron chi connectivity index (χ1n) is 7.78. The Hall–Kier alpha value is -1.96. The zero-order chi connectivity index (χ0) is 17.9. The number of ether oxygens (including phenoxy) is 2. The third kappa shape index (κ3) is 3.75. The highest BCUT2D eigenvalue weighted by atomic mass is 32.2. The Labute approximate surface area is 143 Å². The van der Waals surface area contributed by atoms with Gasteiger partial charge in [-0.15, -0.1) is 0 Å². The number of carbonyl (C=O) groups excluding carboxylic acids is 1. The molecule has 1 fully saturated rings. The number of hydrogen-bond acceptors (Lipinski definition) is 5. The van der Waals surface area contributed by atoms with E-state index < -0.39 is 10.0 Å². The van der Waals surface area contributed by atoms with E-state index in [0.717, 1.165) is 29.8 Å². The van der Waals surface area contributed by atoms with E-state index in [1.54, 1.807) is 11.0 Å². The smallest absolute Gasteiger partial charge is 0.256 e. The van der Waals surface area contributed by atoms with Crippen LogP contribution in [0.15, 0.2) is 12.1 Å². The molecule has 0 aromatic heterocycles. The van der Waals surface area contributed by atoms with Gasteiger partial charge in [-0.2, -0.15) is 0 Å². The van der Waals surface area contributed by atoms with E-state index in [-0.39, 0.29) is 11.6 Å². The first-order valence-corrected chi connectivity index (χ1v) is 9.63. The van der Waals surface area contributed by atoms with Crippen molar-refractivity contribution in [3.63, 3.8) is 0 Å². The number of rotatable bonds is 5. The van der Waals surface area contributed by atoms with Crippen molar-refractivity contribution < 1.29 is 22.7 Å². The number of sulfonamides is 1. The van der Waals surface area contributed by atoms with E-state index in [0.29, 0.717) is 30.2 Å². The summed E-state index contributed by atoms with van der Waals surface area (Å²) in [5.74, 6) is 0.572. The summed E-state index contributed by atoms with van der Waals surface area (Å²) in [7, 11) is 0.845. The molecule has 1 aromatic carbocycles. The van der Waals surface area contributed by atoms with Gasteiger partial charge >= 0.3 is 0 Å². The van der Waals surface area contributed by atoms with Crippen LogP contribution in [0.1, 0.15) is 29.6 Å². The lowest BCUT2D eigenvalue weighted by molar-refractivity contribution is 0.0724. The molecule has 0 atom stereocenters.